The molecule has 1 unspecified atom stereocenters. The molecule has 0 bridgehead atoms. The average molecular weight is 311 g/mol. The van der Waals surface area contributed by atoms with Gasteiger partial charge in [0, 0.05) is 5.69 Å². The van der Waals surface area contributed by atoms with Gasteiger partial charge in [0.15, 0.2) is 23.6 Å². The van der Waals surface area contributed by atoms with E-state index in [9.17, 15) is 0 Å². The summed E-state index contributed by atoms with van der Waals surface area (Å²) in [5.74, 6) is 1.90. The summed E-state index contributed by atoms with van der Waals surface area (Å²) in [4.78, 5) is 4.34. The van der Waals surface area contributed by atoms with Crippen molar-refractivity contribution >= 4 is 11.6 Å². The SMILES string of the molecule is CCc1ccc(NC(N)=NCC2COc3ccccc3O2)cc1. The Kier molecular flexibility index (Phi) is 4.66. The van der Waals surface area contributed by atoms with Crippen molar-refractivity contribution in [2.75, 3.05) is 18.5 Å². The minimum atomic E-state index is -0.132. The highest BCUT2D eigenvalue weighted by atomic mass is 16.6. The first-order chi connectivity index (χ1) is 11.2. The van der Waals surface area contributed by atoms with Gasteiger partial charge in [-0.05, 0) is 36.2 Å². The van der Waals surface area contributed by atoms with Crippen LogP contribution >= 0.6 is 0 Å². The number of nitrogens with one attached hydrogen (secondary N) is 1. The fourth-order valence-corrected chi connectivity index (χ4v) is 2.36. The Labute approximate surface area is 136 Å². The first-order valence-electron chi connectivity index (χ1n) is 7.79. The van der Waals surface area contributed by atoms with Crippen LogP contribution in [0.4, 0.5) is 5.69 Å². The van der Waals surface area contributed by atoms with E-state index in [0.29, 0.717) is 19.1 Å². The van der Waals surface area contributed by atoms with Gasteiger partial charge in [-0.2, -0.15) is 0 Å². The maximum Gasteiger partial charge on any atom is 0.193 e. The number of fused-ring (bicyclic) bond motifs is 1. The van der Waals surface area contributed by atoms with Crippen LogP contribution in [0, 0.1) is 0 Å². The Morgan fingerprint density at radius 1 is 1.17 bits per heavy atom. The molecule has 5 heteroatoms. The highest BCUT2D eigenvalue weighted by molar-refractivity contribution is 5.92. The lowest BCUT2D eigenvalue weighted by Crippen LogP contribution is -2.33. The van der Waals surface area contributed by atoms with Crippen LogP contribution in [-0.2, 0) is 6.42 Å². The van der Waals surface area contributed by atoms with Crippen LogP contribution in [0.1, 0.15) is 12.5 Å². The predicted octanol–water partition coefficient (Wildman–Crippen LogP) is 2.82. The molecule has 1 aliphatic heterocycles. The number of hydrogen-bond donors (Lipinski definition) is 2. The van der Waals surface area contributed by atoms with Crippen LogP contribution in [0.3, 0.4) is 0 Å². The van der Waals surface area contributed by atoms with E-state index in [1.54, 1.807) is 0 Å². The summed E-state index contributed by atoms with van der Waals surface area (Å²) < 4.78 is 11.5. The first-order valence-corrected chi connectivity index (χ1v) is 7.79. The lowest BCUT2D eigenvalue weighted by atomic mass is 10.1. The molecule has 0 fully saturated rings. The summed E-state index contributed by atoms with van der Waals surface area (Å²) in [7, 11) is 0. The molecule has 0 radical (unpaired) electrons. The number of guanidine groups is 1. The number of aryl methyl sites for hydroxylation is 1. The van der Waals surface area contributed by atoms with Crippen LogP contribution in [0.15, 0.2) is 53.5 Å². The van der Waals surface area contributed by atoms with Crippen LogP contribution in [0.5, 0.6) is 11.5 Å². The van der Waals surface area contributed by atoms with Gasteiger partial charge in [-0.25, -0.2) is 4.99 Å². The van der Waals surface area contributed by atoms with E-state index in [1.807, 2.05) is 36.4 Å². The average Bonchev–Trinajstić information content (AvgIpc) is 2.60. The zero-order valence-electron chi connectivity index (χ0n) is 13.2. The predicted molar refractivity (Wildman–Crippen MR) is 92.3 cm³/mol. The van der Waals surface area contributed by atoms with Gasteiger partial charge in [-0.3, -0.25) is 0 Å². The Balaban J connectivity index is 1.55. The fourth-order valence-electron chi connectivity index (χ4n) is 2.36. The summed E-state index contributed by atoms with van der Waals surface area (Å²) >= 11 is 0. The summed E-state index contributed by atoms with van der Waals surface area (Å²) in [6, 6.07) is 15.8. The van der Waals surface area contributed by atoms with Gasteiger partial charge >= 0.3 is 0 Å². The molecule has 0 amide bonds. The molecule has 23 heavy (non-hydrogen) atoms. The second-order valence-electron chi connectivity index (χ2n) is 5.40. The quantitative estimate of drug-likeness (QED) is 0.673. The molecule has 120 valence electrons. The number of nitrogens with two attached hydrogens (primary N) is 1. The standard InChI is InChI=1S/C18H21N3O2/c1-2-13-7-9-14(10-8-13)21-18(19)20-11-15-12-22-16-5-3-4-6-17(16)23-15/h3-10,15H,2,11-12H2,1H3,(H3,19,20,21). The van der Waals surface area contributed by atoms with Crippen molar-refractivity contribution < 1.29 is 9.47 Å². The van der Waals surface area contributed by atoms with E-state index in [0.717, 1.165) is 23.6 Å². The van der Waals surface area contributed by atoms with Gasteiger partial charge in [0.1, 0.15) is 6.61 Å². The van der Waals surface area contributed by atoms with Crippen molar-refractivity contribution in [3.63, 3.8) is 0 Å². The van der Waals surface area contributed by atoms with Gasteiger partial charge in [0.2, 0.25) is 0 Å². The van der Waals surface area contributed by atoms with Crippen LogP contribution in [0.2, 0.25) is 0 Å². The fraction of sp³-hybridized carbons (Fsp3) is 0.278. The summed E-state index contributed by atoms with van der Waals surface area (Å²) in [6.45, 7) is 3.04. The van der Waals surface area contributed by atoms with Crippen molar-refractivity contribution in [1.29, 1.82) is 0 Å². The molecule has 5 nitrogen and oxygen atoms in total. The molecule has 0 aliphatic carbocycles. The van der Waals surface area contributed by atoms with Crippen molar-refractivity contribution in [1.82, 2.24) is 0 Å². The molecule has 0 spiro atoms. The third-order valence-electron chi connectivity index (χ3n) is 3.67. The number of aliphatic imine (C=N–C) groups is 1. The molecule has 3 N–H and O–H groups in total. The zero-order chi connectivity index (χ0) is 16.1. The topological polar surface area (TPSA) is 68.9 Å². The van der Waals surface area contributed by atoms with Gasteiger partial charge in [-0.1, -0.05) is 31.2 Å². The van der Waals surface area contributed by atoms with Crippen molar-refractivity contribution in [3.05, 3.63) is 54.1 Å². The Morgan fingerprint density at radius 2 is 1.91 bits per heavy atom. The van der Waals surface area contributed by atoms with Gasteiger partial charge < -0.3 is 20.5 Å². The van der Waals surface area contributed by atoms with Crippen molar-refractivity contribution in [2.45, 2.75) is 19.4 Å². The molecule has 1 aliphatic rings. The van der Waals surface area contributed by atoms with E-state index in [1.165, 1.54) is 5.56 Å². The monoisotopic (exact) mass is 311 g/mol. The number of nitrogens with zero attached hydrogens (tertiary/aromatic N) is 1. The normalized spacial score (nSPS) is 16.9. The molecule has 0 saturated heterocycles. The van der Waals surface area contributed by atoms with E-state index >= 15 is 0 Å². The Hall–Kier alpha value is -2.69. The summed E-state index contributed by atoms with van der Waals surface area (Å²) in [6.07, 6.45) is 0.886. The third kappa shape index (κ3) is 3.94. The Morgan fingerprint density at radius 3 is 2.65 bits per heavy atom. The van der Waals surface area contributed by atoms with E-state index in [2.05, 4.69) is 29.4 Å². The molecule has 0 saturated carbocycles. The molecule has 0 aromatic heterocycles. The second kappa shape index (κ2) is 7.05. The third-order valence-corrected chi connectivity index (χ3v) is 3.67. The van der Waals surface area contributed by atoms with Gasteiger partial charge in [0.25, 0.3) is 0 Å². The summed E-state index contributed by atoms with van der Waals surface area (Å²) in [5, 5.41) is 3.08. The van der Waals surface area contributed by atoms with Crippen molar-refractivity contribution in [2.24, 2.45) is 10.7 Å². The molecule has 1 heterocycles. The number of anilines is 1. The van der Waals surface area contributed by atoms with Gasteiger partial charge in [-0.15, -0.1) is 0 Å². The zero-order valence-corrected chi connectivity index (χ0v) is 13.2. The molecule has 3 rings (SSSR count). The minimum absolute atomic E-state index is 0.132. The van der Waals surface area contributed by atoms with E-state index in [-0.39, 0.29) is 6.10 Å². The lowest BCUT2D eigenvalue weighted by Gasteiger charge is -2.25. The molecule has 1 atom stereocenters. The van der Waals surface area contributed by atoms with Crippen LogP contribution in [0.25, 0.3) is 0 Å². The van der Waals surface area contributed by atoms with Crippen LogP contribution in [-0.4, -0.2) is 25.2 Å². The highest BCUT2D eigenvalue weighted by Gasteiger charge is 2.20. The maximum atomic E-state index is 5.93. The minimum Gasteiger partial charge on any atom is -0.486 e. The van der Waals surface area contributed by atoms with Crippen LogP contribution < -0.4 is 20.5 Å². The number of para-hydroxylation sites is 2. The van der Waals surface area contributed by atoms with Crippen molar-refractivity contribution in [3.8, 4) is 11.5 Å². The Bertz CT molecular complexity index is 683. The maximum absolute atomic E-state index is 5.93. The molecular weight excluding hydrogens is 290 g/mol. The highest BCUT2D eigenvalue weighted by Crippen LogP contribution is 2.30. The molecule has 2 aromatic rings. The number of hydrogen-bond acceptors (Lipinski definition) is 3. The number of benzene rings is 2. The lowest BCUT2D eigenvalue weighted by molar-refractivity contribution is 0.0972. The number of ether oxygens (including phenoxy) is 2. The van der Waals surface area contributed by atoms with E-state index < -0.39 is 0 Å². The first kappa shape index (κ1) is 15.2. The van der Waals surface area contributed by atoms with E-state index in [4.69, 9.17) is 15.2 Å². The summed E-state index contributed by atoms with van der Waals surface area (Å²) in [5.41, 5.74) is 8.15. The smallest absolute Gasteiger partial charge is 0.193 e. The number of rotatable bonds is 4. The molecule has 2 aromatic carbocycles. The second-order valence-corrected chi connectivity index (χ2v) is 5.40. The largest absolute Gasteiger partial charge is 0.486 e. The van der Waals surface area contributed by atoms with Gasteiger partial charge in [0.05, 0.1) is 6.54 Å². The molecular formula is C18H21N3O2.